The Labute approximate surface area is 128 Å². The molecule has 118 valence electrons. The van der Waals surface area contributed by atoms with E-state index in [1.54, 1.807) is 12.3 Å². The lowest BCUT2D eigenvalue weighted by atomic mass is 10.1. The number of hydrogen-bond acceptors (Lipinski definition) is 6. The fraction of sp³-hybridized carbons (Fsp3) is 0.500. The fourth-order valence-electron chi connectivity index (χ4n) is 3.08. The van der Waals surface area contributed by atoms with E-state index >= 15 is 0 Å². The summed E-state index contributed by atoms with van der Waals surface area (Å²) in [5, 5.41) is 6.15. The summed E-state index contributed by atoms with van der Waals surface area (Å²) in [7, 11) is 0. The van der Waals surface area contributed by atoms with Gasteiger partial charge in [-0.05, 0) is 38.1 Å². The highest BCUT2D eigenvalue weighted by molar-refractivity contribution is 5.73. The van der Waals surface area contributed by atoms with Crippen molar-refractivity contribution in [3.8, 4) is 0 Å². The minimum atomic E-state index is -0.451. The first-order valence-corrected chi connectivity index (χ1v) is 7.78. The van der Waals surface area contributed by atoms with Gasteiger partial charge in [0.15, 0.2) is 0 Å². The maximum Gasteiger partial charge on any atom is 0.253 e. The Morgan fingerprint density at radius 3 is 2.73 bits per heavy atom. The zero-order chi connectivity index (χ0) is 15.5. The van der Waals surface area contributed by atoms with Gasteiger partial charge in [-0.2, -0.15) is 0 Å². The first-order valence-electron chi connectivity index (χ1n) is 7.78. The Hall–Kier alpha value is -2.08. The van der Waals surface area contributed by atoms with Crippen molar-refractivity contribution in [2.24, 2.45) is 0 Å². The molecule has 0 saturated carbocycles. The smallest absolute Gasteiger partial charge is 0.253 e. The molecule has 0 amide bonds. The first-order chi connectivity index (χ1) is 10.7. The molecule has 6 nitrogen and oxygen atoms in total. The van der Waals surface area contributed by atoms with Crippen LogP contribution in [0.25, 0.3) is 0 Å². The number of hydrogen-bond donors (Lipinski definition) is 2. The molecule has 6 heteroatoms. The van der Waals surface area contributed by atoms with Gasteiger partial charge in [-0.15, -0.1) is 0 Å². The fourth-order valence-corrected chi connectivity index (χ4v) is 3.08. The second-order valence-corrected chi connectivity index (χ2v) is 5.65. The minimum Gasteiger partial charge on any atom is -0.467 e. The van der Waals surface area contributed by atoms with Crippen LogP contribution in [0.3, 0.4) is 0 Å². The Balaban J connectivity index is 1.60. The van der Waals surface area contributed by atoms with Crippen molar-refractivity contribution in [1.82, 2.24) is 4.90 Å². The number of likely N-dealkylation sites (N-methyl/N-ethyl adjacent to an activating group) is 1. The normalized spacial score (nSPS) is 18.9. The van der Waals surface area contributed by atoms with Gasteiger partial charge in [-0.1, -0.05) is 6.92 Å². The van der Waals surface area contributed by atoms with Crippen LogP contribution in [0.1, 0.15) is 25.5 Å². The lowest BCUT2D eigenvalue weighted by Crippen LogP contribution is -2.41. The van der Waals surface area contributed by atoms with Crippen molar-refractivity contribution in [2.75, 3.05) is 30.3 Å². The molecule has 0 radical (unpaired) electrons. The molecule has 0 unspecified atom stereocenters. The van der Waals surface area contributed by atoms with Gasteiger partial charge in [0.25, 0.3) is 10.9 Å². The van der Waals surface area contributed by atoms with Gasteiger partial charge in [-0.25, -0.2) is 0 Å². The van der Waals surface area contributed by atoms with Crippen LogP contribution in [0, 0.1) is 0 Å². The van der Waals surface area contributed by atoms with Gasteiger partial charge < -0.3 is 15.1 Å². The summed E-state index contributed by atoms with van der Waals surface area (Å²) in [6, 6.07) is 4.05. The number of rotatable bonds is 7. The van der Waals surface area contributed by atoms with E-state index in [0.29, 0.717) is 30.5 Å². The van der Waals surface area contributed by atoms with Crippen LogP contribution >= 0.6 is 0 Å². The summed E-state index contributed by atoms with van der Waals surface area (Å²) in [4.78, 5) is 25.8. The molecule has 1 aliphatic rings. The number of anilines is 2. The molecular formula is C16H21N3O3. The average Bonchev–Trinajstić information content (AvgIpc) is 3.20. The summed E-state index contributed by atoms with van der Waals surface area (Å²) in [6.45, 7) is 5.37. The number of likely N-dealkylation sites (tertiary alicyclic amines) is 1. The van der Waals surface area contributed by atoms with E-state index in [2.05, 4.69) is 22.5 Å². The predicted octanol–water partition coefficient (Wildman–Crippen LogP) is 1.38. The maximum absolute atomic E-state index is 11.7. The van der Waals surface area contributed by atoms with E-state index in [9.17, 15) is 9.59 Å². The highest BCUT2D eigenvalue weighted by atomic mass is 16.3. The first kappa shape index (κ1) is 14.8. The highest BCUT2D eigenvalue weighted by Gasteiger charge is 2.25. The van der Waals surface area contributed by atoms with Crippen LogP contribution in [0.15, 0.2) is 32.4 Å². The molecule has 2 N–H and O–H groups in total. The van der Waals surface area contributed by atoms with Crippen LogP contribution in [0.2, 0.25) is 0 Å². The number of furan rings is 1. The molecule has 1 aromatic heterocycles. The van der Waals surface area contributed by atoms with Crippen molar-refractivity contribution >= 4 is 11.4 Å². The summed E-state index contributed by atoms with van der Waals surface area (Å²) in [5.74, 6) is 0.729. The molecular weight excluding hydrogens is 282 g/mol. The zero-order valence-electron chi connectivity index (χ0n) is 12.7. The molecule has 1 atom stereocenters. The second-order valence-electron chi connectivity index (χ2n) is 5.65. The van der Waals surface area contributed by atoms with Crippen molar-refractivity contribution in [1.29, 1.82) is 0 Å². The Morgan fingerprint density at radius 1 is 1.27 bits per heavy atom. The van der Waals surface area contributed by atoms with Crippen LogP contribution < -0.4 is 21.5 Å². The summed E-state index contributed by atoms with van der Waals surface area (Å²) < 4.78 is 5.21. The predicted molar refractivity (Wildman–Crippen MR) is 86.1 cm³/mol. The molecule has 0 bridgehead atoms. The summed E-state index contributed by atoms with van der Waals surface area (Å²) >= 11 is 0. The van der Waals surface area contributed by atoms with Gasteiger partial charge >= 0.3 is 0 Å². The topological polar surface area (TPSA) is 74.6 Å². The van der Waals surface area contributed by atoms with Crippen molar-refractivity contribution in [3.63, 3.8) is 0 Å². The van der Waals surface area contributed by atoms with E-state index in [1.807, 2.05) is 6.07 Å². The SMILES string of the molecule is CCN1CCC[C@H]1CNc1c(NCc2ccco2)c(=O)c1=O. The largest absolute Gasteiger partial charge is 0.467 e. The quantitative estimate of drug-likeness (QED) is 0.753. The lowest BCUT2D eigenvalue weighted by Gasteiger charge is -2.24. The maximum atomic E-state index is 11.7. The van der Waals surface area contributed by atoms with E-state index in [-0.39, 0.29) is 0 Å². The highest BCUT2D eigenvalue weighted by Crippen LogP contribution is 2.20. The third-order valence-electron chi connectivity index (χ3n) is 4.35. The van der Waals surface area contributed by atoms with Crippen LogP contribution in [0.5, 0.6) is 0 Å². The third-order valence-corrected chi connectivity index (χ3v) is 4.35. The van der Waals surface area contributed by atoms with Crippen molar-refractivity contribution in [3.05, 3.63) is 44.6 Å². The van der Waals surface area contributed by atoms with E-state index < -0.39 is 10.9 Å². The summed E-state index contributed by atoms with van der Waals surface area (Å²) in [5.41, 5.74) is -0.0854. The van der Waals surface area contributed by atoms with Crippen LogP contribution in [0.4, 0.5) is 11.4 Å². The molecule has 1 aliphatic heterocycles. The molecule has 0 spiro atoms. The van der Waals surface area contributed by atoms with E-state index in [1.165, 1.54) is 6.42 Å². The van der Waals surface area contributed by atoms with E-state index in [0.717, 1.165) is 25.3 Å². The lowest BCUT2D eigenvalue weighted by molar-refractivity contribution is 0.277. The number of nitrogens with one attached hydrogen (secondary N) is 2. The van der Waals surface area contributed by atoms with Gasteiger partial charge in [0.1, 0.15) is 17.1 Å². The van der Waals surface area contributed by atoms with Crippen molar-refractivity contribution < 1.29 is 4.42 Å². The molecule has 1 fully saturated rings. The van der Waals surface area contributed by atoms with Gasteiger partial charge in [0, 0.05) is 12.6 Å². The Kier molecular flexibility index (Phi) is 4.29. The molecule has 1 saturated heterocycles. The van der Waals surface area contributed by atoms with E-state index in [4.69, 9.17) is 4.42 Å². The standard InChI is InChI=1S/C16H21N3O3/c1-2-19-7-3-5-11(19)9-17-13-14(16(21)15(13)20)18-10-12-6-4-8-22-12/h4,6,8,11,17-18H,2-3,5,7,9-10H2,1H3/t11-/m0/s1. The van der Waals surface area contributed by atoms with Gasteiger partial charge in [0.05, 0.1) is 12.8 Å². The Morgan fingerprint density at radius 2 is 2.05 bits per heavy atom. The van der Waals surface area contributed by atoms with Crippen LogP contribution in [-0.4, -0.2) is 30.6 Å². The molecule has 2 heterocycles. The molecule has 22 heavy (non-hydrogen) atoms. The van der Waals surface area contributed by atoms with Crippen LogP contribution in [-0.2, 0) is 6.54 Å². The van der Waals surface area contributed by atoms with Crippen molar-refractivity contribution in [2.45, 2.75) is 32.4 Å². The number of nitrogens with zero attached hydrogens (tertiary/aromatic N) is 1. The van der Waals surface area contributed by atoms with Gasteiger partial charge in [0.2, 0.25) is 0 Å². The zero-order valence-corrected chi connectivity index (χ0v) is 12.7. The molecule has 1 aromatic carbocycles. The molecule has 3 rings (SSSR count). The molecule has 0 aliphatic carbocycles. The molecule has 2 aromatic rings. The Bertz CT molecular complexity index is 686. The minimum absolute atomic E-state index is 0.377. The third kappa shape index (κ3) is 2.78. The second kappa shape index (κ2) is 6.36. The van der Waals surface area contributed by atoms with Gasteiger partial charge in [-0.3, -0.25) is 14.5 Å². The average molecular weight is 303 g/mol. The monoisotopic (exact) mass is 303 g/mol. The summed E-state index contributed by atoms with van der Waals surface area (Å²) in [6.07, 6.45) is 3.90.